The Hall–Kier alpha value is -1.67. The first-order chi connectivity index (χ1) is 10.1. The molecule has 1 heterocycles. The van der Waals surface area contributed by atoms with E-state index in [9.17, 15) is 4.79 Å². The summed E-state index contributed by atoms with van der Waals surface area (Å²) < 4.78 is 0. The van der Waals surface area contributed by atoms with Gasteiger partial charge in [-0.3, -0.25) is 4.98 Å². The molecule has 2 nitrogen and oxygen atoms in total. The van der Waals surface area contributed by atoms with Gasteiger partial charge in [-0.15, -0.1) is 0 Å². The maximum atomic E-state index is 11.6. The number of pyridine rings is 1. The number of hydrogen-bond donors (Lipinski definition) is 0. The lowest BCUT2D eigenvalue weighted by Gasteiger charge is -2.30. The van der Waals surface area contributed by atoms with Crippen molar-refractivity contribution < 1.29 is 4.79 Å². The van der Waals surface area contributed by atoms with Crippen molar-refractivity contribution in [1.82, 2.24) is 4.98 Å². The summed E-state index contributed by atoms with van der Waals surface area (Å²) in [5, 5.41) is 0.778. The van der Waals surface area contributed by atoms with E-state index >= 15 is 0 Å². The summed E-state index contributed by atoms with van der Waals surface area (Å²) in [6, 6.07) is 9.97. The number of aldehydes is 1. The zero-order chi connectivity index (χ0) is 15.0. The summed E-state index contributed by atoms with van der Waals surface area (Å²) in [7, 11) is 0. The van der Waals surface area contributed by atoms with Gasteiger partial charge < -0.3 is 4.79 Å². The second-order valence-corrected chi connectivity index (χ2v) is 6.25. The summed E-state index contributed by atoms with van der Waals surface area (Å²) >= 11 is 6.33. The topological polar surface area (TPSA) is 30.0 Å². The largest absolute Gasteiger partial charge is 0.303 e. The smallest absolute Gasteiger partial charge is 0.127 e. The van der Waals surface area contributed by atoms with Crippen LogP contribution < -0.4 is 0 Å². The molecule has 2 unspecified atom stereocenters. The molecule has 108 valence electrons. The Balaban J connectivity index is 2.07. The number of halogens is 1. The van der Waals surface area contributed by atoms with Crippen molar-refractivity contribution in [2.45, 2.75) is 38.5 Å². The van der Waals surface area contributed by atoms with Gasteiger partial charge in [-0.25, -0.2) is 0 Å². The van der Waals surface area contributed by atoms with E-state index < -0.39 is 0 Å². The Kier molecular flexibility index (Phi) is 3.81. The van der Waals surface area contributed by atoms with Crippen LogP contribution in [0.15, 0.2) is 30.3 Å². The van der Waals surface area contributed by atoms with Gasteiger partial charge in [0.1, 0.15) is 6.29 Å². The number of carbonyl (C=O) groups is 1. The molecule has 0 fully saturated rings. The Bertz CT molecular complexity index is 696. The second kappa shape index (κ2) is 5.61. The summed E-state index contributed by atoms with van der Waals surface area (Å²) in [6.07, 6.45) is 2.73. The third-order valence-electron chi connectivity index (χ3n) is 4.33. The fraction of sp³-hybridized carbons (Fsp3) is 0.333. The summed E-state index contributed by atoms with van der Waals surface area (Å²) in [5.41, 5.74) is 5.49. The Labute approximate surface area is 130 Å². The van der Waals surface area contributed by atoms with E-state index in [1.807, 2.05) is 25.1 Å². The highest BCUT2D eigenvalue weighted by molar-refractivity contribution is 6.31. The van der Waals surface area contributed by atoms with E-state index in [-0.39, 0.29) is 11.8 Å². The molecule has 1 aliphatic carbocycles. The average molecular weight is 300 g/mol. The molecule has 21 heavy (non-hydrogen) atoms. The van der Waals surface area contributed by atoms with Crippen LogP contribution in [0.3, 0.4) is 0 Å². The van der Waals surface area contributed by atoms with Crippen LogP contribution in [0, 0.1) is 13.8 Å². The predicted molar refractivity (Wildman–Crippen MR) is 85.0 cm³/mol. The minimum absolute atomic E-state index is 0.0804. The van der Waals surface area contributed by atoms with Crippen molar-refractivity contribution >= 4 is 17.9 Å². The maximum absolute atomic E-state index is 11.6. The minimum Gasteiger partial charge on any atom is -0.303 e. The standard InChI is InChI=1S/C18H18ClNO/c1-11-7-12(2)20-17-9-13(8-14(10-21)18(11)17)15-5-3-4-6-16(15)19/h3-7,10,13-14H,8-9H2,1-2H3. The SMILES string of the molecule is Cc1cc(C)c2c(n1)CC(c1ccccc1Cl)CC2C=O. The minimum atomic E-state index is -0.0804. The summed E-state index contributed by atoms with van der Waals surface area (Å²) in [5.74, 6) is 0.179. The Morgan fingerprint density at radius 3 is 2.76 bits per heavy atom. The van der Waals surface area contributed by atoms with Crippen LogP contribution in [0.4, 0.5) is 0 Å². The van der Waals surface area contributed by atoms with Crippen LogP contribution in [0.5, 0.6) is 0 Å². The molecule has 1 aromatic carbocycles. The van der Waals surface area contributed by atoms with Gasteiger partial charge in [-0.1, -0.05) is 29.8 Å². The molecule has 1 aliphatic rings. The number of aryl methyl sites for hydroxylation is 2. The highest BCUT2D eigenvalue weighted by atomic mass is 35.5. The highest BCUT2D eigenvalue weighted by Gasteiger charge is 2.30. The number of hydrogen-bond acceptors (Lipinski definition) is 2. The molecule has 3 rings (SSSR count). The Morgan fingerprint density at radius 1 is 1.29 bits per heavy atom. The second-order valence-electron chi connectivity index (χ2n) is 5.84. The summed E-state index contributed by atoms with van der Waals surface area (Å²) in [4.78, 5) is 16.2. The van der Waals surface area contributed by atoms with Crippen molar-refractivity contribution in [3.63, 3.8) is 0 Å². The van der Waals surface area contributed by atoms with Gasteiger partial charge in [0.05, 0.1) is 0 Å². The lowest BCUT2D eigenvalue weighted by atomic mass is 9.75. The molecule has 0 bridgehead atoms. The highest BCUT2D eigenvalue weighted by Crippen LogP contribution is 2.41. The molecule has 0 amide bonds. The molecule has 0 radical (unpaired) electrons. The number of nitrogens with zero attached hydrogens (tertiary/aromatic N) is 1. The molecule has 2 aromatic rings. The Morgan fingerprint density at radius 2 is 2.05 bits per heavy atom. The molecular formula is C18H18ClNO. The van der Waals surface area contributed by atoms with E-state index in [0.717, 1.165) is 46.7 Å². The van der Waals surface area contributed by atoms with Gasteiger partial charge in [0.25, 0.3) is 0 Å². The predicted octanol–water partition coefficient (Wildman–Crippen LogP) is 4.36. The van der Waals surface area contributed by atoms with Crippen molar-refractivity contribution in [2.24, 2.45) is 0 Å². The van der Waals surface area contributed by atoms with Gasteiger partial charge in [-0.05, 0) is 61.4 Å². The molecule has 0 aliphatic heterocycles. The van der Waals surface area contributed by atoms with Crippen LogP contribution in [0.2, 0.25) is 5.02 Å². The molecule has 0 saturated heterocycles. The maximum Gasteiger partial charge on any atom is 0.127 e. The molecule has 3 heteroatoms. The van der Waals surface area contributed by atoms with Gasteiger partial charge in [-0.2, -0.15) is 0 Å². The van der Waals surface area contributed by atoms with Gasteiger partial charge in [0.2, 0.25) is 0 Å². The molecule has 0 saturated carbocycles. The number of carbonyl (C=O) groups excluding carboxylic acids is 1. The first-order valence-corrected chi connectivity index (χ1v) is 7.64. The lowest BCUT2D eigenvalue weighted by Crippen LogP contribution is -2.21. The molecule has 0 N–H and O–H groups in total. The molecular weight excluding hydrogens is 282 g/mol. The number of rotatable bonds is 2. The van der Waals surface area contributed by atoms with Gasteiger partial charge in [0, 0.05) is 22.3 Å². The van der Waals surface area contributed by atoms with E-state index in [1.165, 1.54) is 5.56 Å². The third kappa shape index (κ3) is 2.60. The quantitative estimate of drug-likeness (QED) is 0.771. The normalized spacial score (nSPS) is 20.9. The zero-order valence-corrected chi connectivity index (χ0v) is 13.0. The van der Waals surface area contributed by atoms with Crippen LogP contribution in [0.25, 0.3) is 0 Å². The average Bonchev–Trinajstić information content (AvgIpc) is 2.46. The van der Waals surface area contributed by atoms with E-state index in [0.29, 0.717) is 0 Å². The third-order valence-corrected chi connectivity index (χ3v) is 4.67. The van der Waals surface area contributed by atoms with E-state index in [1.54, 1.807) is 0 Å². The van der Waals surface area contributed by atoms with Crippen molar-refractivity contribution in [1.29, 1.82) is 0 Å². The number of aromatic nitrogens is 1. The lowest BCUT2D eigenvalue weighted by molar-refractivity contribution is -0.109. The first-order valence-electron chi connectivity index (χ1n) is 7.27. The van der Waals surface area contributed by atoms with E-state index in [4.69, 9.17) is 11.6 Å². The van der Waals surface area contributed by atoms with Crippen LogP contribution in [-0.2, 0) is 11.2 Å². The van der Waals surface area contributed by atoms with Gasteiger partial charge >= 0.3 is 0 Å². The van der Waals surface area contributed by atoms with Crippen LogP contribution in [0.1, 0.15) is 46.3 Å². The van der Waals surface area contributed by atoms with Gasteiger partial charge in [0.15, 0.2) is 0 Å². The zero-order valence-electron chi connectivity index (χ0n) is 12.3. The molecule has 1 aromatic heterocycles. The fourth-order valence-electron chi connectivity index (χ4n) is 3.49. The molecule has 2 atom stereocenters. The van der Waals surface area contributed by atoms with E-state index in [2.05, 4.69) is 24.0 Å². The number of benzene rings is 1. The summed E-state index contributed by atoms with van der Waals surface area (Å²) in [6.45, 7) is 4.07. The fourth-order valence-corrected chi connectivity index (χ4v) is 3.78. The monoisotopic (exact) mass is 299 g/mol. The first kappa shape index (κ1) is 14.3. The molecule has 0 spiro atoms. The number of fused-ring (bicyclic) bond motifs is 1. The van der Waals surface area contributed by atoms with Crippen LogP contribution >= 0.6 is 11.6 Å². The van der Waals surface area contributed by atoms with Crippen LogP contribution in [-0.4, -0.2) is 11.3 Å². The van der Waals surface area contributed by atoms with Crippen molar-refractivity contribution in [3.05, 3.63) is 63.4 Å². The van der Waals surface area contributed by atoms with Crippen molar-refractivity contribution in [2.75, 3.05) is 0 Å². The van der Waals surface area contributed by atoms with Crippen molar-refractivity contribution in [3.8, 4) is 0 Å².